The molecule has 17 heavy (non-hydrogen) atoms. The summed E-state index contributed by atoms with van der Waals surface area (Å²) in [4.78, 5) is 0. The lowest BCUT2D eigenvalue weighted by atomic mass is 10.3. The van der Waals surface area contributed by atoms with Gasteiger partial charge in [-0.15, -0.1) is 0 Å². The van der Waals surface area contributed by atoms with Crippen LogP contribution in [0.2, 0.25) is 0 Å². The molecule has 0 fully saturated rings. The number of hydrazone groups is 1. The summed E-state index contributed by atoms with van der Waals surface area (Å²) >= 11 is 1.36. The minimum atomic E-state index is 0.360. The Hall–Kier alpha value is -1.95. The Morgan fingerprint density at radius 1 is 1.29 bits per heavy atom. The van der Waals surface area contributed by atoms with Gasteiger partial charge in [-0.3, -0.25) is 0 Å². The average Bonchev–Trinajstić information content (AvgIpc) is 2.86. The summed E-state index contributed by atoms with van der Waals surface area (Å²) in [6.07, 6.45) is 1.92. The number of nitrogens with zero attached hydrogens (tertiary/aromatic N) is 3. The molecular formula is C11H13N5S. The second-order valence-corrected chi connectivity index (χ2v) is 4.34. The van der Waals surface area contributed by atoms with Crippen LogP contribution in [0.1, 0.15) is 5.69 Å². The van der Waals surface area contributed by atoms with Crippen molar-refractivity contribution in [1.29, 1.82) is 0 Å². The van der Waals surface area contributed by atoms with Gasteiger partial charge in [0.2, 0.25) is 0 Å². The van der Waals surface area contributed by atoms with Gasteiger partial charge in [-0.1, -0.05) is 30.0 Å². The molecule has 0 amide bonds. The van der Waals surface area contributed by atoms with E-state index in [0.29, 0.717) is 10.9 Å². The van der Waals surface area contributed by atoms with Crippen LogP contribution in [-0.4, -0.2) is 14.9 Å². The maximum absolute atomic E-state index is 5.49. The first-order chi connectivity index (χ1) is 8.29. The topological polar surface area (TPSA) is 82.2 Å². The van der Waals surface area contributed by atoms with E-state index >= 15 is 0 Å². The lowest BCUT2D eigenvalue weighted by molar-refractivity contribution is 0.860. The minimum absolute atomic E-state index is 0.360. The normalized spacial score (nSPS) is 11.6. The van der Waals surface area contributed by atoms with Crippen molar-refractivity contribution in [2.45, 2.75) is 5.75 Å². The second-order valence-electron chi connectivity index (χ2n) is 3.34. The Labute approximate surface area is 103 Å². The van der Waals surface area contributed by atoms with Crippen molar-refractivity contribution in [3.8, 4) is 5.69 Å². The van der Waals surface area contributed by atoms with Gasteiger partial charge < -0.3 is 11.6 Å². The number of thioether (sulfide) groups is 1. The Balaban J connectivity index is 2.06. The van der Waals surface area contributed by atoms with Crippen molar-refractivity contribution in [1.82, 2.24) is 9.78 Å². The summed E-state index contributed by atoms with van der Waals surface area (Å²) in [5.41, 5.74) is 7.46. The van der Waals surface area contributed by atoms with Crippen molar-refractivity contribution < 1.29 is 0 Å². The molecule has 4 N–H and O–H groups in total. The lowest BCUT2D eigenvalue weighted by Gasteiger charge is -2.00. The van der Waals surface area contributed by atoms with Crippen molar-refractivity contribution in [3.63, 3.8) is 0 Å². The monoisotopic (exact) mass is 247 g/mol. The molecule has 0 bridgehead atoms. The molecular weight excluding hydrogens is 234 g/mol. The molecule has 0 aliphatic carbocycles. The van der Waals surface area contributed by atoms with E-state index in [0.717, 1.165) is 11.4 Å². The standard InChI is InChI=1S/C11H13N5S/c12-11(14-13)17-8-9-6-7-16(15-9)10-4-2-1-3-5-10/h1-7H,8,13H2,(H2,12,14). The fraction of sp³-hybridized carbons (Fsp3) is 0.0909. The van der Waals surface area contributed by atoms with E-state index in [9.17, 15) is 0 Å². The number of para-hydroxylation sites is 1. The number of rotatable bonds is 3. The zero-order valence-electron chi connectivity index (χ0n) is 9.15. The highest BCUT2D eigenvalue weighted by Crippen LogP contribution is 2.12. The molecule has 0 saturated heterocycles. The number of amidine groups is 1. The third-order valence-corrected chi connectivity index (χ3v) is 3.00. The molecule has 0 saturated carbocycles. The minimum Gasteiger partial charge on any atom is -0.377 e. The van der Waals surface area contributed by atoms with Crippen LogP contribution in [0, 0.1) is 0 Å². The van der Waals surface area contributed by atoms with Crippen molar-refractivity contribution in [2.75, 3.05) is 0 Å². The van der Waals surface area contributed by atoms with Crippen LogP contribution < -0.4 is 11.6 Å². The van der Waals surface area contributed by atoms with Crippen LogP contribution in [-0.2, 0) is 5.75 Å². The van der Waals surface area contributed by atoms with Crippen LogP contribution in [0.15, 0.2) is 47.7 Å². The van der Waals surface area contributed by atoms with Crippen LogP contribution in [0.5, 0.6) is 0 Å². The molecule has 1 aromatic carbocycles. The maximum Gasteiger partial charge on any atom is 0.177 e. The van der Waals surface area contributed by atoms with Gasteiger partial charge in [0.15, 0.2) is 5.17 Å². The Kier molecular flexibility index (Phi) is 3.66. The Morgan fingerprint density at radius 3 is 2.76 bits per heavy atom. The molecule has 2 aromatic rings. The van der Waals surface area contributed by atoms with Gasteiger partial charge in [0.25, 0.3) is 0 Å². The SMILES string of the molecule is NN=C(N)SCc1ccn(-c2ccccc2)n1. The van der Waals surface area contributed by atoms with Crippen molar-refractivity contribution in [2.24, 2.45) is 16.7 Å². The summed E-state index contributed by atoms with van der Waals surface area (Å²) in [6.45, 7) is 0. The first-order valence-corrected chi connectivity index (χ1v) is 6.04. The first kappa shape index (κ1) is 11.5. The number of benzene rings is 1. The summed E-state index contributed by atoms with van der Waals surface area (Å²) in [7, 11) is 0. The summed E-state index contributed by atoms with van der Waals surface area (Å²) in [5.74, 6) is 5.71. The van der Waals surface area contributed by atoms with E-state index in [1.807, 2.05) is 47.3 Å². The highest BCUT2D eigenvalue weighted by Gasteiger charge is 2.02. The highest BCUT2D eigenvalue weighted by atomic mass is 32.2. The summed E-state index contributed by atoms with van der Waals surface area (Å²) < 4.78 is 1.83. The van der Waals surface area contributed by atoms with Gasteiger partial charge in [0.1, 0.15) is 0 Å². The zero-order chi connectivity index (χ0) is 12.1. The fourth-order valence-corrected chi connectivity index (χ4v) is 1.87. The van der Waals surface area contributed by atoms with Gasteiger partial charge in [0, 0.05) is 11.9 Å². The first-order valence-electron chi connectivity index (χ1n) is 5.05. The summed E-state index contributed by atoms with van der Waals surface area (Å²) in [5, 5.41) is 8.18. The molecule has 88 valence electrons. The number of hydrogen-bond acceptors (Lipinski definition) is 4. The molecule has 0 radical (unpaired) electrons. The van der Waals surface area contributed by atoms with Gasteiger partial charge in [-0.2, -0.15) is 10.2 Å². The molecule has 0 aliphatic rings. The molecule has 5 nitrogen and oxygen atoms in total. The number of nitrogens with two attached hydrogens (primary N) is 2. The third kappa shape index (κ3) is 3.01. The van der Waals surface area contributed by atoms with Gasteiger partial charge >= 0.3 is 0 Å². The zero-order valence-corrected chi connectivity index (χ0v) is 9.97. The van der Waals surface area contributed by atoms with Gasteiger partial charge in [-0.25, -0.2) is 4.68 Å². The van der Waals surface area contributed by atoms with Crippen LogP contribution in [0.3, 0.4) is 0 Å². The number of hydrogen-bond donors (Lipinski definition) is 2. The molecule has 1 aromatic heterocycles. The van der Waals surface area contributed by atoms with E-state index in [1.165, 1.54) is 11.8 Å². The molecule has 0 unspecified atom stereocenters. The van der Waals surface area contributed by atoms with E-state index in [4.69, 9.17) is 11.6 Å². The predicted octanol–water partition coefficient (Wildman–Crippen LogP) is 1.29. The quantitative estimate of drug-likeness (QED) is 0.370. The Morgan fingerprint density at radius 2 is 2.06 bits per heavy atom. The van der Waals surface area contributed by atoms with Crippen molar-refractivity contribution in [3.05, 3.63) is 48.3 Å². The van der Waals surface area contributed by atoms with E-state index in [-0.39, 0.29) is 0 Å². The number of aromatic nitrogens is 2. The van der Waals surface area contributed by atoms with Crippen LogP contribution in [0.4, 0.5) is 0 Å². The van der Waals surface area contributed by atoms with E-state index in [2.05, 4.69) is 10.2 Å². The fourth-order valence-electron chi connectivity index (χ4n) is 1.35. The van der Waals surface area contributed by atoms with Crippen LogP contribution >= 0.6 is 11.8 Å². The maximum atomic E-state index is 5.49. The second kappa shape index (κ2) is 5.40. The molecule has 1 heterocycles. The smallest absolute Gasteiger partial charge is 0.177 e. The molecule has 0 spiro atoms. The predicted molar refractivity (Wildman–Crippen MR) is 70.7 cm³/mol. The molecule has 2 rings (SSSR count). The third-order valence-electron chi connectivity index (χ3n) is 2.16. The lowest BCUT2D eigenvalue weighted by Crippen LogP contribution is -2.09. The van der Waals surface area contributed by atoms with Crippen LogP contribution in [0.25, 0.3) is 5.69 Å². The van der Waals surface area contributed by atoms with E-state index in [1.54, 1.807) is 0 Å². The Bertz CT molecular complexity index is 506. The largest absolute Gasteiger partial charge is 0.377 e. The summed E-state index contributed by atoms with van der Waals surface area (Å²) in [6, 6.07) is 11.9. The van der Waals surface area contributed by atoms with Gasteiger partial charge in [-0.05, 0) is 18.2 Å². The highest BCUT2D eigenvalue weighted by molar-refractivity contribution is 8.13. The molecule has 0 aliphatic heterocycles. The van der Waals surface area contributed by atoms with Gasteiger partial charge in [0.05, 0.1) is 11.4 Å². The average molecular weight is 247 g/mol. The van der Waals surface area contributed by atoms with Crippen molar-refractivity contribution >= 4 is 16.9 Å². The van der Waals surface area contributed by atoms with E-state index < -0.39 is 0 Å². The molecule has 6 heteroatoms. The molecule has 0 atom stereocenters.